The molecule has 1 rings (SSSR count). The van der Waals surface area contributed by atoms with Crippen LogP contribution in [0.4, 0.5) is 19.0 Å². The molecule has 0 bridgehead atoms. The number of amides is 1. The van der Waals surface area contributed by atoms with Crippen LogP contribution in [0.5, 0.6) is 0 Å². The molecule has 0 radical (unpaired) electrons. The number of pyridine rings is 1. The highest BCUT2D eigenvalue weighted by Crippen LogP contribution is 2.17. The number of rotatable bonds is 3. The van der Waals surface area contributed by atoms with Gasteiger partial charge in [-0.1, -0.05) is 0 Å². The third kappa shape index (κ3) is 2.62. The molecule has 0 spiro atoms. The van der Waals surface area contributed by atoms with Crippen LogP contribution in [0.2, 0.25) is 0 Å². The summed E-state index contributed by atoms with van der Waals surface area (Å²) < 4.78 is 38.5. The Hall–Kier alpha value is -1.79. The molecule has 0 saturated carbocycles. The molecule has 0 aliphatic rings. The van der Waals surface area contributed by atoms with Gasteiger partial charge in [-0.05, 0) is 0 Å². The smallest absolute Gasteiger partial charge is 0.251 e. The number of likely N-dealkylation sites (N-methyl/N-ethyl adjacent to an activating group) is 2. The van der Waals surface area contributed by atoms with Crippen molar-refractivity contribution >= 4 is 11.7 Å². The fourth-order valence-electron chi connectivity index (χ4n) is 1.07. The predicted octanol–water partition coefficient (Wildman–Crippen LogP) is 0.681. The van der Waals surface area contributed by atoms with Gasteiger partial charge in [-0.25, -0.2) is 8.78 Å². The standard InChI is InChI=1S/C9H10F3N3O/c1-13-7(16)4-15(2)9-6(11)3-5(10)8(12)14-9/h3H,4H2,1-2H3,(H,13,16). The van der Waals surface area contributed by atoms with Crippen molar-refractivity contribution in [1.82, 2.24) is 10.3 Å². The van der Waals surface area contributed by atoms with Crippen LogP contribution in [0.15, 0.2) is 6.07 Å². The summed E-state index contributed by atoms with van der Waals surface area (Å²) in [6.07, 6.45) is 0. The van der Waals surface area contributed by atoms with E-state index in [0.717, 1.165) is 4.90 Å². The van der Waals surface area contributed by atoms with E-state index in [1.54, 1.807) is 0 Å². The first-order valence-corrected chi connectivity index (χ1v) is 4.39. The van der Waals surface area contributed by atoms with E-state index in [0.29, 0.717) is 6.07 Å². The van der Waals surface area contributed by atoms with Gasteiger partial charge in [0.15, 0.2) is 17.5 Å². The zero-order valence-corrected chi connectivity index (χ0v) is 8.72. The highest BCUT2D eigenvalue weighted by molar-refractivity contribution is 5.80. The number of carbonyl (C=O) groups is 1. The second-order valence-corrected chi connectivity index (χ2v) is 3.10. The molecule has 1 amide bonds. The Morgan fingerprint density at radius 3 is 2.62 bits per heavy atom. The van der Waals surface area contributed by atoms with Crippen molar-refractivity contribution in [3.63, 3.8) is 0 Å². The summed E-state index contributed by atoms with van der Waals surface area (Å²) in [6.45, 7) is -0.203. The monoisotopic (exact) mass is 233 g/mol. The molecule has 0 saturated heterocycles. The molecular formula is C9H10F3N3O. The van der Waals surface area contributed by atoms with Crippen LogP contribution in [0.25, 0.3) is 0 Å². The zero-order chi connectivity index (χ0) is 12.3. The first-order valence-electron chi connectivity index (χ1n) is 4.39. The second kappa shape index (κ2) is 4.82. The van der Waals surface area contributed by atoms with Gasteiger partial charge in [0.2, 0.25) is 5.91 Å². The molecular weight excluding hydrogens is 223 g/mol. The van der Waals surface area contributed by atoms with Gasteiger partial charge in [-0.15, -0.1) is 0 Å². The van der Waals surface area contributed by atoms with E-state index in [2.05, 4.69) is 10.3 Å². The van der Waals surface area contributed by atoms with E-state index in [-0.39, 0.29) is 6.54 Å². The zero-order valence-electron chi connectivity index (χ0n) is 8.72. The number of carbonyl (C=O) groups excluding carboxylic acids is 1. The Balaban J connectivity index is 2.95. The maximum Gasteiger partial charge on any atom is 0.251 e. The molecule has 0 fully saturated rings. The van der Waals surface area contributed by atoms with Crippen LogP contribution in [-0.4, -0.2) is 31.5 Å². The number of hydrogen-bond donors (Lipinski definition) is 1. The van der Waals surface area contributed by atoms with Gasteiger partial charge in [0.1, 0.15) is 0 Å². The third-order valence-electron chi connectivity index (χ3n) is 1.89. The van der Waals surface area contributed by atoms with Crippen molar-refractivity contribution in [3.8, 4) is 0 Å². The van der Waals surface area contributed by atoms with Gasteiger partial charge in [-0.2, -0.15) is 9.37 Å². The van der Waals surface area contributed by atoms with Gasteiger partial charge >= 0.3 is 0 Å². The summed E-state index contributed by atoms with van der Waals surface area (Å²) in [6, 6.07) is 0.387. The molecule has 1 aromatic rings. The fraction of sp³-hybridized carbons (Fsp3) is 0.333. The summed E-state index contributed by atoms with van der Waals surface area (Å²) >= 11 is 0. The van der Waals surface area contributed by atoms with E-state index in [4.69, 9.17) is 0 Å². The molecule has 0 aliphatic carbocycles. The minimum Gasteiger partial charge on any atom is -0.358 e. The SMILES string of the molecule is CNC(=O)CN(C)c1nc(F)c(F)cc1F. The lowest BCUT2D eigenvalue weighted by atomic mass is 10.4. The van der Waals surface area contributed by atoms with Gasteiger partial charge in [0, 0.05) is 20.2 Å². The number of nitrogens with one attached hydrogen (secondary N) is 1. The predicted molar refractivity (Wildman–Crippen MR) is 51.4 cm³/mol. The molecule has 16 heavy (non-hydrogen) atoms. The average molecular weight is 233 g/mol. The Kier molecular flexibility index (Phi) is 3.70. The molecule has 0 aliphatic heterocycles. The number of halogens is 3. The minimum absolute atomic E-state index is 0.203. The van der Waals surface area contributed by atoms with Crippen molar-refractivity contribution in [2.45, 2.75) is 0 Å². The fourth-order valence-corrected chi connectivity index (χ4v) is 1.07. The molecule has 1 aromatic heterocycles. The lowest BCUT2D eigenvalue weighted by Crippen LogP contribution is -2.34. The van der Waals surface area contributed by atoms with Crippen LogP contribution >= 0.6 is 0 Å². The lowest BCUT2D eigenvalue weighted by molar-refractivity contribution is -0.119. The minimum atomic E-state index is -1.40. The molecule has 1 heterocycles. The highest BCUT2D eigenvalue weighted by Gasteiger charge is 2.16. The summed E-state index contributed by atoms with van der Waals surface area (Å²) in [7, 11) is 2.75. The molecule has 0 aromatic carbocycles. The Bertz CT molecular complexity index is 411. The van der Waals surface area contributed by atoms with Gasteiger partial charge in [0.05, 0.1) is 6.54 Å². The van der Waals surface area contributed by atoms with E-state index in [9.17, 15) is 18.0 Å². The van der Waals surface area contributed by atoms with Gasteiger partial charge in [-0.3, -0.25) is 4.79 Å². The quantitative estimate of drug-likeness (QED) is 0.781. The first kappa shape index (κ1) is 12.3. The van der Waals surface area contributed by atoms with Crippen LogP contribution in [0.1, 0.15) is 0 Å². The Labute approximate surface area is 90.1 Å². The maximum absolute atomic E-state index is 13.2. The molecule has 7 heteroatoms. The van der Waals surface area contributed by atoms with Crippen molar-refractivity contribution in [2.75, 3.05) is 25.5 Å². The number of aromatic nitrogens is 1. The van der Waals surface area contributed by atoms with E-state index in [1.807, 2.05) is 0 Å². The summed E-state index contributed by atoms with van der Waals surface area (Å²) in [5.74, 6) is -4.60. The molecule has 4 nitrogen and oxygen atoms in total. The molecule has 88 valence electrons. The lowest BCUT2D eigenvalue weighted by Gasteiger charge is -2.17. The van der Waals surface area contributed by atoms with Crippen LogP contribution in [0.3, 0.4) is 0 Å². The molecule has 0 unspecified atom stereocenters. The Morgan fingerprint density at radius 1 is 1.44 bits per heavy atom. The Morgan fingerprint density at radius 2 is 2.06 bits per heavy atom. The van der Waals surface area contributed by atoms with Gasteiger partial charge in [0.25, 0.3) is 5.95 Å². The van der Waals surface area contributed by atoms with E-state index in [1.165, 1.54) is 14.1 Å². The van der Waals surface area contributed by atoms with Crippen LogP contribution < -0.4 is 10.2 Å². The summed E-state index contributed by atoms with van der Waals surface area (Å²) in [5.41, 5.74) is 0. The van der Waals surface area contributed by atoms with E-state index < -0.39 is 29.3 Å². The maximum atomic E-state index is 13.2. The van der Waals surface area contributed by atoms with Crippen molar-refractivity contribution in [2.24, 2.45) is 0 Å². The van der Waals surface area contributed by atoms with Crippen molar-refractivity contribution in [1.29, 1.82) is 0 Å². The van der Waals surface area contributed by atoms with Gasteiger partial charge < -0.3 is 10.2 Å². The molecule has 1 N–H and O–H groups in total. The van der Waals surface area contributed by atoms with Crippen molar-refractivity contribution < 1.29 is 18.0 Å². The summed E-state index contributed by atoms with van der Waals surface area (Å²) in [4.78, 5) is 15.2. The van der Waals surface area contributed by atoms with Crippen LogP contribution in [0, 0.1) is 17.6 Å². The topological polar surface area (TPSA) is 45.2 Å². The third-order valence-corrected chi connectivity index (χ3v) is 1.89. The number of nitrogens with zero attached hydrogens (tertiary/aromatic N) is 2. The van der Waals surface area contributed by atoms with Crippen LogP contribution in [-0.2, 0) is 4.79 Å². The van der Waals surface area contributed by atoms with Crippen molar-refractivity contribution in [3.05, 3.63) is 23.6 Å². The second-order valence-electron chi connectivity index (χ2n) is 3.10. The highest BCUT2D eigenvalue weighted by atomic mass is 19.2. The normalized spacial score (nSPS) is 10.1. The van der Waals surface area contributed by atoms with E-state index >= 15 is 0 Å². The first-order chi connectivity index (χ1) is 7.45. The number of anilines is 1. The average Bonchev–Trinajstić information content (AvgIpc) is 2.23. The summed E-state index contributed by atoms with van der Waals surface area (Å²) in [5, 5.41) is 2.31. The largest absolute Gasteiger partial charge is 0.358 e. The number of hydrogen-bond acceptors (Lipinski definition) is 3. The molecule has 0 atom stereocenters.